The third kappa shape index (κ3) is 3.63. The van der Waals surface area contributed by atoms with E-state index in [1.54, 1.807) is 7.11 Å². The SMILES string of the molecule is COCC(C)CN(C)C1CCNC1. The number of likely N-dealkylation sites (N-methyl/N-ethyl adjacent to an activating group) is 1. The Kier molecular flexibility index (Phi) is 4.70. The molecule has 0 aromatic heterocycles. The maximum Gasteiger partial charge on any atom is 0.0500 e. The average Bonchev–Trinajstić information content (AvgIpc) is 2.55. The molecule has 0 saturated carbocycles. The number of hydrogen-bond acceptors (Lipinski definition) is 3. The van der Waals surface area contributed by atoms with Crippen LogP contribution in [0.4, 0.5) is 0 Å². The van der Waals surface area contributed by atoms with Crippen molar-refractivity contribution < 1.29 is 4.74 Å². The summed E-state index contributed by atoms with van der Waals surface area (Å²) in [6.07, 6.45) is 1.29. The van der Waals surface area contributed by atoms with Crippen molar-refractivity contribution in [2.75, 3.05) is 40.4 Å². The number of nitrogens with zero attached hydrogens (tertiary/aromatic N) is 1. The van der Waals surface area contributed by atoms with Gasteiger partial charge in [-0.1, -0.05) is 6.92 Å². The molecule has 0 aromatic carbocycles. The summed E-state index contributed by atoms with van der Waals surface area (Å²) in [5.41, 5.74) is 0. The second kappa shape index (κ2) is 5.58. The fourth-order valence-corrected chi connectivity index (χ4v) is 1.99. The molecule has 1 fully saturated rings. The zero-order valence-corrected chi connectivity index (χ0v) is 9.05. The monoisotopic (exact) mass is 186 g/mol. The van der Waals surface area contributed by atoms with Gasteiger partial charge in [0.2, 0.25) is 0 Å². The van der Waals surface area contributed by atoms with Gasteiger partial charge in [0.1, 0.15) is 0 Å². The van der Waals surface area contributed by atoms with Gasteiger partial charge in [-0.15, -0.1) is 0 Å². The highest BCUT2D eigenvalue weighted by Crippen LogP contribution is 2.08. The molecular weight excluding hydrogens is 164 g/mol. The lowest BCUT2D eigenvalue weighted by atomic mass is 10.1. The summed E-state index contributed by atoms with van der Waals surface area (Å²) in [7, 11) is 3.98. The first kappa shape index (κ1) is 11.0. The van der Waals surface area contributed by atoms with E-state index in [2.05, 4.69) is 24.2 Å². The third-order valence-electron chi connectivity index (χ3n) is 2.71. The Morgan fingerprint density at radius 2 is 2.38 bits per heavy atom. The molecule has 1 rings (SSSR count). The van der Waals surface area contributed by atoms with Crippen molar-refractivity contribution in [1.29, 1.82) is 0 Å². The van der Waals surface area contributed by atoms with Crippen molar-refractivity contribution in [1.82, 2.24) is 10.2 Å². The van der Waals surface area contributed by atoms with Crippen LogP contribution in [0.15, 0.2) is 0 Å². The Morgan fingerprint density at radius 1 is 1.62 bits per heavy atom. The minimum atomic E-state index is 0.635. The van der Waals surface area contributed by atoms with Gasteiger partial charge in [-0.2, -0.15) is 0 Å². The van der Waals surface area contributed by atoms with E-state index in [0.29, 0.717) is 5.92 Å². The predicted octanol–water partition coefficient (Wildman–Crippen LogP) is 0.563. The summed E-state index contributed by atoms with van der Waals surface area (Å²) in [6, 6.07) is 0.735. The van der Waals surface area contributed by atoms with Crippen LogP contribution in [0.5, 0.6) is 0 Å². The Morgan fingerprint density at radius 3 is 2.92 bits per heavy atom. The van der Waals surface area contributed by atoms with E-state index in [4.69, 9.17) is 4.74 Å². The summed E-state index contributed by atoms with van der Waals surface area (Å²) >= 11 is 0. The molecular formula is C10H22N2O. The molecule has 2 unspecified atom stereocenters. The summed E-state index contributed by atoms with van der Waals surface area (Å²) in [5, 5.41) is 3.39. The van der Waals surface area contributed by atoms with Crippen molar-refractivity contribution in [2.45, 2.75) is 19.4 Å². The van der Waals surface area contributed by atoms with Crippen molar-refractivity contribution in [3.63, 3.8) is 0 Å². The fraction of sp³-hybridized carbons (Fsp3) is 1.00. The smallest absolute Gasteiger partial charge is 0.0500 e. The van der Waals surface area contributed by atoms with Crippen LogP contribution in [-0.4, -0.2) is 51.3 Å². The van der Waals surface area contributed by atoms with Crippen LogP contribution >= 0.6 is 0 Å². The lowest BCUT2D eigenvalue weighted by Gasteiger charge is -2.26. The number of methoxy groups -OCH3 is 1. The Balaban J connectivity index is 2.18. The van der Waals surface area contributed by atoms with Gasteiger partial charge in [-0.3, -0.25) is 0 Å². The van der Waals surface area contributed by atoms with Gasteiger partial charge >= 0.3 is 0 Å². The van der Waals surface area contributed by atoms with Gasteiger partial charge in [0.05, 0.1) is 0 Å². The molecule has 1 aliphatic heterocycles. The Labute approximate surface area is 81.4 Å². The van der Waals surface area contributed by atoms with Crippen molar-refractivity contribution in [2.24, 2.45) is 5.92 Å². The molecule has 1 N–H and O–H groups in total. The van der Waals surface area contributed by atoms with E-state index in [0.717, 1.165) is 25.7 Å². The maximum atomic E-state index is 5.12. The quantitative estimate of drug-likeness (QED) is 0.679. The van der Waals surface area contributed by atoms with E-state index in [1.165, 1.54) is 13.0 Å². The molecule has 0 spiro atoms. The molecule has 0 radical (unpaired) electrons. The van der Waals surface area contributed by atoms with Crippen LogP contribution in [0.2, 0.25) is 0 Å². The Bertz CT molecular complexity index is 135. The zero-order valence-electron chi connectivity index (χ0n) is 9.05. The lowest BCUT2D eigenvalue weighted by molar-refractivity contribution is 0.126. The first-order chi connectivity index (χ1) is 6.24. The highest BCUT2D eigenvalue weighted by Gasteiger charge is 2.20. The molecule has 1 heterocycles. The highest BCUT2D eigenvalue weighted by molar-refractivity contribution is 4.79. The van der Waals surface area contributed by atoms with Gasteiger partial charge < -0.3 is 15.0 Å². The molecule has 13 heavy (non-hydrogen) atoms. The third-order valence-corrected chi connectivity index (χ3v) is 2.71. The Hall–Kier alpha value is -0.120. The molecule has 1 aliphatic rings. The first-order valence-corrected chi connectivity index (χ1v) is 5.14. The second-order valence-corrected chi connectivity index (χ2v) is 4.15. The van der Waals surface area contributed by atoms with Gasteiger partial charge in [0.15, 0.2) is 0 Å². The van der Waals surface area contributed by atoms with E-state index in [-0.39, 0.29) is 0 Å². The van der Waals surface area contributed by atoms with Crippen LogP contribution in [-0.2, 0) is 4.74 Å². The van der Waals surface area contributed by atoms with Gasteiger partial charge in [-0.25, -0.2) is 0 Å². The normalized spacial score (nSPS) is 25.4. The predicted molar refractivity (Wildman–Crippen MR) is 54.9 cm³/mol. The van der Waals surface area contributed by atoms with Gasteiger partial charge in [-0.05, 0) is 25.9 Å². The van der Waals surface area contributed by atoms with Crippen LogP contribution in [0.3, 0.4) is 0 Å². The standard InChI is InChI=1S/C10H22N2O/c1-9(8-13-3)7-12(2)10-4-5-11-6-10/h9-11H,4-8H2,1-3H3. The van der Waals surface area contributed by atoms with Crippen LogP contribution in [0.25, 0.3) is 0 Å². The van der Waals surface area contributed by atoms with Crippen molar-refractivity contribution >= 4 is 0 Å². The maximum absolute atomic E-state index is 5.12. The number of ether oxygens (including phenoxy) is 1. The molecule has 78 valence electrons. The molecule has 1 saturated heterocycles. The summed E-state index contributed by atoms with van der Waals surface area (Å²) in [4.78, 5) is 2.45. The minimum absolute atomic E-state index is 0.635. The minimum Gasteiger partial charge on any atom is -0.384 e. The molecule has 0 bridgehead atoms. The highest BCUT2D eigenvalue weighted by atomic mass is 16.5. The van der Waals surface area contributed by atoms with Crippen molar-refractivity contribution in [3.05, 3.63) is 0 Å². The van der Waals surface area contributed by atoms with Crippen LogP contribution < -0.4 is 5.32 Å². The topological polar surface area (TPSA) is 24.5 Å². The van der Waals surface area contributed by atoms with E-state index in [9.17, 15) is 0 Å². The molecule has 0 aromatic rings. The zero-order chi connectivity index (χ0) is 9.68. The van der Waals surface area contributed by atoms with E-state index >= 15 is 0 Å². The van der Waals surface area contributed by atoms with E-state index in [1.807, 2.05) is 0 Å². The molecule has 3 heteroatoms. The molecule has 2 atom stereocenters. The second-order valence-electron chi connectivity index (χ2n) is 4.15. The lowest BCUT2D eigenvalue weighted by Crippen LogP contribution is -2.37. The molecule has 0 amide bonds. The number of rotatable bonds is 5. The average molecular weight is 186 g/mol. The molecule has 3 nitrogen and oxygen atoms in total. The summed E-state index contributed by atoms with van der Waals surface area (Å²) < 4.78 is 5.12. The summed E-state index contributed by atoms with van der Waals surface area (Å²) in [5.74, 6) is 0.635. The number of hydrogen-bond donors (Lipinski definition) is 1. The first-order valence-electron chi connectivity index (χ1n) is 5.14. The molecule has 0 aliphatic carbocycles. The summed E-state index contributed by atoms with van der Waals surface area (Å²) in [6.45, 7) is 6.57. The number of nitrogens with one attached hydrogen (secondary N) is 1. The largest absolute Gasteiger partial charge is 0.384 e. The van der Waals surface area contributed by atoms with Crippen LogP contribution in [0, 0.1) is 5.92 Å². The van der Waals surface area contributed by atoms with Crippen molar-refractivity contribution in [3.8, 4) is 0 Å². The van der Waals surface area contributed by atoms with Gasteiger partial charge in [0, 0.05) is 32.8 Å². The van der Waals surface area contributed by atoms with E-state index < -0.39 is 0 Å². The fourth-order valence-electron chi connectivity index (χ4n) is 1.99. The van der Waals surface area contributed by atoms with Gasteiger partial charge in [0.25, 0.3) is 0 Å². The van der Waals surface area contributed by atoms with Crippen LogP contribution in [0.1, 0.15) is 13.3 Å².